The Kier molecular flexibility index (Phi) is 4.08. The van der Waals surface area contributed by atoms with Crippen molar-refractivity contribution in [2.45, 2.75) is 19.9 Å². The maximum atomic E-state index is 14.5. The lowest BCUT2D eigenvalue weighted by molar-refractivity contribution is 0.0689. The first kappa shape index (κ1) is 17.4. The number of halogens is 2. The standard InChI is InChI=1S/C20H15ClFN3O2/c1-10-19-18(20(26)27)24-11(2)25(19)16-8-7-12(21)9-14(16)17(23-10)13-5-3-4-6-15(13)22/h3-10H,1-2H3,(H,26,27). The first-order valence-electron chi connectivity index (χ1n) is 8.34. The van der Waals surface area contributed by atoms with Crippen LogP contribution in [0.2, 0.25) is 5.02 Å². The molecule has 0 saturated carbocycles. The molecule has 1 unspecified atom stereocenters. The number of benzene rings is 2. The number of rotatable bonds is 2. The van der Waals surface area contributed by atoms with Gasteiger partial charge < -0.3 is 5.11 Å². The third-order valence-corrected chi connectivity index (χ3v) is 4.82. The molecular weight excluding hydrogens is 369 g/mol. The molecule has 2 aromatic carbocycles. The Morgan fingerprint density at radius 1 is 1.22 bits per heavy atom. The van der Waals surface area contributed by atoms with E-state index in [0.29, 0.717) is 39.1 Å². The molecule has 1 aliphatic heterocycles. The highest BCUT2D eigenvalue weighted by molar-refractivity contribution is 6.31. The van der Waals surface area contributed by atoms with Crippen LogP contribution in [0.5, 0.6) is 0 Å². The molecule has 0 radical (unpaired) electrons. The Morgan fingerprint density at radius 3 is 2.67 bits per heavy atom. The average Bonchev–Trinajstić information content (AvgIpc) is 2.92. The lowest BCUT2D eigenvalue weighted by atomic mass is 10.00. The number of carbonyl (C=O) groups is 1. The maximum absolute atomic E-state index is 14.5. The van der Waals surface area contributed by atoms with Gasteiger partial charge in [-0.25, -0.2) is 14.2 Å². The van der Waals surface area contributed by atoms with Crippen molar-refractivity contribution in [1.29, 1.82) is 0 Å². The number of aromatic nitrogens is 2. The largest absolute Gasteiger partial charge is 0.476 e. The van der Waals surface area contributed by atoms with Crippen LogP contribution >= 0.6 is 11.6 Å². The number of aryl methyl sites for hydroxylation is 1. The van der Waals surface area contributed by atoms with Gasteiger partial charge in [0.1, 0.15) is 11.6 Å². The second kappa shape index (κ2) is 6.32. The van der Waals surface area contributed by atoms with Crippen molar-refractivity contribution in [3.8, 4) is 5.69 Å². The highest BCUT2D eigenvalue weighted by Gasteiger charge is 2.30. The summed E-state index contributed by atoms with van der Waals surface area (Å²) in [5.74, 6) is -1.02. The van der Waals surface area contributed by atoms with E-state index in [4.69, 9.17) is 11.6 Å². The molecule has 0 bridgehead atoms. The molecule has 1 atom stereocenters. The van der Waals surface area contributed by atoms with Gasteiger partial charge in [-0.15, -0.1) is 0 Å². The zero-order chi connectivity index (χ0) is 19.3. The zero-order valence-electron chi connectivity index (χ0n) is 14.6. The van der Waals surface area contributed by atoms with Gasteiger partial charge in [-0.2, -0.15) is 0 Å². The molecule has 7 heteroatoms. The number of carboxylic acids is 1. The Hall–Kier alpha value is -2.99. The van der Waals surface area contributed by atoms with Crippen LogP contribution < -0.4 is 0 Å². The summed E-state index contributed by atoms with van der Waals surface area (Å²) in [6.07, 6.45) is 0. The smallest absolute Gasteiger partial charge is 0.356 e. The van der Waals surface area contributed by atoms with Crippen molar-refractivity contribution in [2.75, 3.05) is 0 Å². The predicted octanol–water partition coefficient (Wildman–Crippen LogP) is 4.58. The van der Waals surface area contributed by atoms with Gasteiger partial charge in [0, 0.05) is 16.1 Å². The van der Waals surface area contributed by atoms with Gasteiger partial charge in [0.2, 0.25) is 0 Å². The highest BCUT2D eigenvalue weighted by Crippen LogP contribution is 2.35. The second-order valence-electron chi connectivity index (χ2n) is 6.33. The fourth-order valence-corrected chi connectivity index (χ4v) is 3.65. The maximum Gasteiger partial charge on any atom is 0.356 e. The molecule has 136 valence electrons. The lowest BCUT2D eigenvalue weighted by Gasteiger charge is -2.14. The zero-order valence-corrected chi connectivity index (χ0v) is 15.3. The topological polar surface area (TPSA) is 67.5 Å². The molecule has 1 aromatic heterocycles. The van der Waals surface area contributed by atoms with E-state index < -0.39 is 17.8 Å². The Balaban J connectivity index is 2.10. The highest BCUT2D eigenvalue weighted by atomic mass is 35.5. The van der Waals surface area contributed by atoms with Gasteiger partial charge >= 0.3 is 5.97 Å². The van der Waals surface area contributed by atoms with Crippen LogP contribution in [0, 0.1) is 12.7 Å². The van der Waals surface area contributed by atoms with Crippen molar-refractivity contribution in [3.63, 3.8) is 0 Å². The minimum Gasteiger partial charge on any atom is -0.476 e. The van der Waals surface area contributed by atoms with Gasteiger partial charge in [-0.05, 0) is 44.2 Å². The monoisotopic (exact) mass is 383 g/mol. The fraction of sp³-hybridized carbons (Fsp3) is 0.150. The summed E-state index contributed by atoms with van der Waals surface area (Å²) in [5, 5.41) is 10.1. The van der Waals surface area contributed by atoms with Gasteiger partial charge in [-0.1, -0.05) is 23.7 Å². The van der Waals surface area contributed by atoms with E-state index in [1.165, 1.54) is 6.07 Å². The SMILES string of the molecule is Cc1nc(C(=O)O)c2n1-c1ccc(Cl)cc1C(c1ccccc1F)=NC2C. The Morgan fingerprint density at radius 2 is 1.96 bits per heavy atom. The summed E-state index contributed by atoms with van der Waals surface area (Å²) in [4.78, 5) is 20.6. The summed E-state index contributed by atoms with van der Waals surface area (Å²) >= 11 is 6.21. The van der Waals surface area contributed by atoms with Crippen LogP contribution in [-0.4, -0.2) is 26.3 Å². The molecule has 0 fully saturated rings. The van der Waals surface area contributed by atoms with E-state index in [-0.39, 0.29) is 5.69 Å². The van der Waals surface area contributed by atoms with Crippen molar-refractivity contribution in [1.82, 2.24) is 9.55 Å². The molecule has 0 amide bonds. The van der Waals surface area contributed by atoms with Gasteiger partial charge in [0.05, 0.1) is 23.1 Å². The molecule has 1 aliphatic rings. The molecule has 2 heterocycles. The molecule has 0 aliphatic carbocycles. The van der Waals surface area contributed by atoms with E-state index >= 15 is 0 Å². The minimum absolute atomic E-state index is 0.0561. The number of nitrogens with zero attached hydrogens (tertiary/aromatic N) is 3. The van der Waals surface area contributed by atoms with E-state index in [1.807, 2.05) is 0 Å². The number of fused-ring (bicyclic) bond motifs is 3. The summed E-state index contributed by atoms with van der Waals surface area (Å²) in [7, 11) is 0. The van der Waals surface area contributed by atoms with Crippen LogP contribution in [0.4, 0.5) is 4.39 Å². The summed E-state index contributed by atoms with van der Waals surface area (Å²) in [5.41, 5.74) is 2.45. The molecule has 5 nitrogen and oxygen atoms in total. The molecule has 27 heavy (non-hydrogen) atoms. The molecule has 3 aromatic rings. The van der Waals surface area contributed by atoms with Gasteiger partial charge in [0.25, 0.3) is 0 Å². The normalized spacial score (nSPS) is 15.6. The predicted molar refractivity (Wildman–Crippen MR) is 101 cm³/mol. The molecule has 4 rings (SSSR count). The number of hydrogen-bond donors (Lipinski definition) is 1. The average molecular weight is 384 g/mol. The third kappa shape index (κ3) is 2.73. The number of hydrogen-bond acceptors (Lipinski definition) is 3. The van der Waals surface area contributed by atoms with Gasteiger partial charge in [-0.3, -0.25) is 9.56 Å². The molecule has 0 spiro atoms. The third-order valence-electron chi connectivity index (χ3n) is 4.59. The van der Waals surface area contributed by atoms with Crippen molar-refractivity contribution in [3.05, 3.63) is 81.6 Å². The van der Waals surface area contributed by atoms with E-state index in [2.05, 4.69) is 9.98 Å². The first-order valence-corrected chi connectivity index (χ1v) is 8.71. The number of aromatic carboxylic acids is 1. The second-order valence-corrected chi connectivity index (χ2v) is 6.76. The van der Waals surface area contributed by atoms with E-state index in [0.717, 1.165) is 0 Å². The van der Waals surface area contributed by atoms with Crippen LogP contribution in [0.1, 0.15) is 46.1 Å². The van der Waals surface area contributed by atoms with Crippen molar-refractivity contribution < 1.29 is 14.3 Å². The summed E-state index contributed by atoms with van der Waals surface area (Å²) in [6, 6.07) is 11.0. The van der Waals surface area contributed by atoms with Crippen LogP contribution in [0.15, 0.2) is 47.5 Å². The van der Waals surface area contributed by atoms with Crippen molar-refractivity contribution in [2.24, 2.45) is 4.99 Å². The lowest BCUT2D eigenvalue weighted by Crippen LogP contribution is -2.09. The molecular formula is C20H15ClFN3O2. The number of imidazole rings is 1. The van der Waals surface area contributed by atoms with E-state index in [9.17, 15) is 14.3 Å². The van der Waals surface area contributed by atoms with Crippen molar-refractivity contribution >= 4 is 23.3 Å². The van der Waals surface area contributed by atoms with Crippen LogP contribution in [-0.2, 0) is 0 Å². The van der Waals surface area contributed by atoms with Crippen LogP contribution in [0.3, 0.4) is 0 Å². The molecule has 0 saturated heterocycles. The fourth-order valence-electron chi connectivity index (χ4n) is 3.48. The van der Waals surface area contributed by atoms with Crippen LogP contribution in [0.25, 0.3) is 5.69 Å². The quantitative estimate of drug-likeness (QED) is 0.704. The minimum atomic E-state index is -1.13. The number of carboxylic acid groups (broad SMARTS) is 1. The van der Waals surface area contributed by atoms with Gasteiger partial charge in [0.15, 0.2) is 5.69 Å². The summed E-state index contributed by atoms with van der Waals surface area (Å²) in [6.45, 7) is 3.50. The Labute approximate surface area is 159 Å². The molecule has 1 N–H and O–H groups in total. The Bertz CT molecular complexity index is 1120. The summed E-state index contributed by atoms with van der Waals surface area (Å²) < 4.78 is 16.3. The van der Waals surface area contributed by atoms with E-state index in [1.54, 1.807) is 54.8 Å². The first-order chi connectivity index (χ1) is 12.9. The number of aliphatic imine (C=N–C) groups is 1.